The van der Waals surface area contributed by atoms with Crippen LogP contribution < -0.4 is 0 Å². The Morgan fingerprint density at radius 1 is 1.22 bits per heavy atom. The van der Waals surface area contributed by atoms with Crippen LogP contribution in [0.5, 0.6) is 0 Å². The summed E-state index contributed by atoms with van der Waals surface area (Å²) in [4.78, 5) is 0. The Bertz CT molecular complexity index is 254. The molecule has 0 aliphatic rings. The average Bonchev–Trinajstić information content (AvgIpc) is 2.23. The molecule has 0 bridgehead atoms. The van der Waals surface area contributed by atoms with Crippen LogP contribution in [0.1, 0.15) is 60.3 Å². The van der Waals surface area contributed by atoms with E-state index in [4.69, 9.17) is 0 Å². The predicted octanol–water partition coefficient (Wildman–Crippen LogP) is 4.91. The molecule has 0 amide bonds. The fraction of sp³-hybridized carbons (Fsp3) is 0.857. The van der Waals surface area contributed by atoms with E-state index in [1.54, 1.807) is 0 Å². The third-order valence-electron chi connectivity index (χ3n) is 3.18. The Kier molecular flexibility index (Phi) is 8.19. The van der Waals surface area contributed by atoms with Crippen LogP contribution in [0, 0.1) is 0 Å². The highest BCUT2D eigenvalue weighted by molar-refractivity contribution is 8.22. The summed E-state index contributed by atoms with van der Waals surface area (Å²) in [6, 6.07) is 0.157. The molecule has 3 nitrogen and oxygen atoms in total. The number of rotatable bonds is 9. The van der Waals surface area contributed by atoms with E-state index in [9.17, 15) is 9.11 Å². The molecule has 0 rings (SSSR count). The average molecular weight is 277 g/mol. The van der Waals surface area contributed by atoms with E-state index in [1.165, 1.54) is 0 Å². The molecular formula is C14H31NO2S. The maximum atomic E-state index is 10.6. The molecule has 4 heteroatoms. The molecule has 0 spiro atoms. The van der Waals surface area contributed by atoms with E-state index in [-0.39, 0.29) is 11.3 Å². The molecule has 0 fully saturated rings. The fourth-order valence-corrected chi connectivity index (χ4v) is 4.62. The molecule has 0 saturated heterocycles. The first kappa shape index (κ1) is 18.0. The second-order valence-corrected chi connectivity index (χ2v) is 7.55. The molecule has 0 aliphatic carbocycles. The normalized spacial score (nSPS) is 15.2. The first-order valence-electron chi connectivity index (χ1n) is 6.95. The van der Waals surface area contributed by atoms with Crippen molar-refractivity contribution in [1.29, 1.82) is 0 Å². The van der Waals surface area contributed by atoms with Crippen molar-refractivity contribution in [2.75, 3.05) is 6.54 Å². The zero-order chi connectivity index (χ0) is 14.3. The van der Waals surface area contributed by atoms with Gasteiger partial charge in [0.2, 0.25) is 0 Å². The van der Waals surface area contributed by atoms with E-state index in [1.807, 2.05) is 32.0 Å². The van der Waals surface area contributed by atoms with Crippen LogP contribution in [0.25, 0.3) is 0 Å². The molecule has 0 aromatic heterocycles. The maximum absolute atomic E-state index is 10.6. The van der Waals surface area contributed by atoms with Crippen molar-refractivity contribution in [3.63, 3.8) is 0 Å². The van der Waals surface area contributed by atoms with Crippen molar-refractivity contribution in [3.8, 4) is 0 Å². The summed E-state index contributed by atoms with van der Waals surface area (Å²) < 4.78 is 23.0. The molecule has 0 saturated carbocycles. The summed E-state index contributed by atoms with van der Waals surface area (Å²) in [5.41, 5.74) is 1.11. The number of hydrogen-bond acceptors (Lipinski definition) is 3. The maximum Gasteiger partial charge on any atom is 0.0643 e. The first-order valence-corrected chi connectivity index (χ1v) is 8.52. The van der Waals surface area contributed by atoms with Crippen LogP contribution in [0.4, 0.5) is 0 Å². The third kappa shape index (κ3) is 5.31. The van der Waals surface area contributed by atoms with Crippen LogP contribution in [-0.4, -0.2) is 31.2 Å². The van der Waals surface area contributed by atoms with Gasteiger partial charge in [-0.2, -0.15) is 0 Å². The van der Waals surface area contributed by atoms with Gasteiger partial charge in [-0.25, -0.2) is 4.31 Å². The highest BCUT2D eigenvalue weighted by Crippen LogP contribution is 2.52. The van der Waals surface area contributed by atoms with Gasteiger partial charge >= 0.3 is 0 Å². The van der Waals surface area contributed by atoms with Crippen molar-refractivity contribution < 1.29 is 9.11 Å². The summed E-state index contributed by atoms with van der Waals surface area (Å²) in [6.07, 6.45) is 3.52. The number of nitrogens with zero attached hydrogens (tertiary/aromatic N) is 1. The number of allylic oxidation sites excluding steroid dienone is 1. The van der Waals surface area contributed by atoms with Gasteiger partial charge in [0.05, 0.1) is 5.25 Å². The van der Waals surface area contributed by atoms with Crippen LogP contribution in [0.2, 0.25) is 0 Å². The van der Waals surface area contributed by atoms with Crippen LogP contribution in [0.3, 0.4) is 0 Å². The Hall–Kier alpha value is -0.0300. The summed E-state index contributed by atoms with van der Waals surface area (Å²) in [6.45, 7) is 14.7. The quantitative estimate of drug-likeness (QED) is 0.589. The minimum Gasteiger partial charge on any atom is -0.285 e. The van der Waals surface area contributed by atoms with Gasteiger partial charge in [-0.05, 0) is 40.0 Å². The fourth-order valence-electron chi connectivity index (χ4n) is 2.25. The Morgan fingerprint density at radius 3 is 2.11 bits per heavy atom. The van der Waals surface area contributed by atoms with Gasteiger partial charge in [-0.1, -0.05) is 25.8 Å². The minimum absolute atomic E-state index is 0.0402. The highest BCUT2D eigenvalue weighted by atomic mass is 32.3. The topological polar surface area (TPSA) is 43.7 Å². The molecule has 1 atom stereocenters. The van der Waals surface area contributed by atoms with Crippen molar-refractivity contribution in [2.45, 2.75) is 71.6 Å². The van der Waals surface area contributed by atoms with Gasteiger partial charge in [-0.15, -0.1) is 17.4 Å². The highest BCUT2D eigenvalue weighted by Gasteiger charge is 2.32. The smallest absolute Gasteiger partial charge is 0.0643 e. The van der Waals surface area contributed by atoms with Gasteiger partial charge in [0.15, 0.2) is 0 Å². The Balaban J connectivity index is 4.87. The lowest BCUT2D eigenvalue weighted by atomic mass is 10.1. The molecule has 110 valence electrons. The molecule has 0 radical (unpaired) electrons. The summed E-state index contributed by atoms with van der Waals surface area (Å²) in [7, 11) is -2.68. The molecule has 1 unspecified atom stereocenters. The summed E-state index contributed by atoms with van der Waals surface area (Å²) in [5, 5.41) is -0.0402. The lowest BCUT2D eigenvalue weighted by Crippen LogP contribution is -2.39. The second kappa shape index (κ2) is 8.20. The second-order valence-electron chi connectivity index (χ2n) is 5.29. The standard InChI is InChI=1S/C14H31NO2S/c1-7-9-14(11-10-12(3)4)18(16,17)15(8-2)13(5)6/h13-14,16-17H,3,7-11H2,1-2,4-6H3. The molecule has 0 aliphatic heterocycles. The van der Waals surface area contributed by atoms with E-state index >= 15 is 0 Å². The van der Waals surface area contributed by atoms with Crippen molar-refractivity contribution in [2.24, 2.45) is 0 Å². The monoisotopic (exact) mass is 277 g/mol. The summed E-state index contributed by atoms with van der Waals surface area (Å²) in [5.74, 6) is 0. The minimum atomic E-state index is -2.68. The number of hydrogen-bond donors (Lipinski definition) is 2. The zero-order valence-corrected chi connectivity index (χ0v) is 13.5. The van der Waals surface area contributed by atoms with Crippen LogP contribution in [0.15, 0.2) is 12.2 Å². The molecule has 0 heterocycles. The Morgan fingerprint density at radius 2 is 1.78 bits per heavy atom. The van der Waals surface area contributed by atoms with E-state index in [0.29, 0.717) is 6.54 Å². The largest absolute Gasteiger partial charge is 0.285 e. The van der Waals surface area contributed by atoms with Crippen molar-refractivity contribution in [3.05, 3.63) is 12.2 Å². The molecule has 18 heavy (non-hydrogen) atoms. The zero-order valence-electron chi connectivity index (χ0n) is 12.6. The van der Waals surface area contributed by atoms with Gasteiger partial charge in [-0.3, -0.25) is 9.11 Å². The third-order valence-corrected chi connectivity index (χ3v) is 5.92. The molecule has 2 N–H and O–H groups in total. The Labute approximate surface area is 115 Å². The van der Waals surface area contributed by atoms with Gasteiger partial charge in [0, 0.05) is 12.6 Å². The van der Waals surface area contributed by atoms with Crippen molar-refractivity contribution in [1.82, 2.24) is 4.31 Å². The SMILES string of the molecule is C=C(C)CCC(CCC)S(O)(O)N(CC)C(C)C. The van der Waals surface area contributed by atoms with Gasteiger partial charge < -0.3 is 0 Å². The summed E-state index contributed by atoms with van der Waals surface area (Å²) >= 11 is 0. The van der Waals surface area contributed by atoms with E-state index in [2.05, 4.69) is 13.5 Å². The van der Waals surface area contributed by atoms with Crippen LogP contribution in [-0.2, 0) is 0 Å². The molecule has 0 aromatic rings. The molecule has 0 aromatic carbocycles. The first-order chi connectivity index (χ1) is 8.27. The van der Waals surface area contributed by atoms with Crippen molar-refractivity contribution >= 4 is 10.8 Å². The predicted molar refractivity (Wildman–Crippen MR) is 83.1 cm³/mol. The van der Waals surface area contributed by atoms with E-state index in [0.717, 1.165) is 31.3 Å². The van der Waals surface area contributed by atoms with E-state index < -0.39 is 10.8 Å². The van der Waals surface area contributed by atoms with Gasteiger partial charge in [0.25, 0.3) is 0 Å². The van der Waals surface area contributed by atoms with Gasteiger partial charge in [0.1, 0.15) is 0 Å². The lowest BCUT2D eigenvalue weighted by Gasteiger charge is -2.50. The van der Waals surface area contributed by atoms with Crippen LogP contribution >= 0.6 is 10.8 Å². The molecular weight excluding hydrogens is 246 g/mol. The lowest BCUT2D eigenvalue weighted by molar-refractivity contribution is 0.303.